The number of hydrogen-bond acceptors (Lipinski definition) is 3. The highest BCUT2D eigenvalue weighted by Gasteiger charge is 2.54. The van der Waals surface area contributed by atoms with Gasteiger partial charge in [-0.15, -0.1) is 0 Å². The first kappa shape index (κ1) is 13.2. The highest BCUT2D eigenvalue weighted by molar-refractivity contribution is 6.06. The molecule has 1 unspecified atom stereocenters. The Morgan fingerprint density at radius 2 is 2.17 bits per heavy atom. The molecule has 2 rings (SSSR count). The summed E-state index contributed by atoms with van der Waals surface area (Å²) in [6.45, 7) is 4.32. The summed E-state index contributed by atoms with van der Waals surface area (Å²) in [7, 11) is 0. The van der Waals surface area contributed by atoms with Crippen molar-refractivity contribution in [3.63, 3.8) is 0 Å². The van der Waals surface area contributed by atoms with Crippen LogP contribution in [0.3, 0.4) is 0 Å². The Morgan fingerprint density at radius 1 is 1.56 bits per heavy atom. The molecule has 5 heteroatoms. The molecule has 0 aromatic heterocycles. The first-order chi connectivity index (χ1) is 8.48. The molecule has 0 saturated heterocycles. The SMILES string of the molecule is CCC(C)(C(=O)NCC1(C2CC2)CC1)C(N)=NO. The minimum Gasteiger partial charge on any atom is -0.409 e. The molecule has 2 saturated carbocycles. The van der Waals surface area contributed by atoms with Crippen LogP contribution in [0.5, 0.6) is 0 Å². The van der Waals surface area contributed by atoms with Crippen molar-refractivity contribution in [2.45, 2.75) is 46.0 Å². The molecular weight excluding hydrogens is 230 g/mol. The topological polar surface area (TPSA) is 87.7 Å². The summed E-state index contributed by atoms with van der Waals surface area (Å²) in [6.07, 6.45) is 5.59. The van der Waals surface area contributed by atoms with Crippen LogP contribution < -0.4 is 11.1 Å². The Labute approximate surface area is 108 Å². The highest BCUT2D eigenvalue weighted by Crippen LogP contribution is 2.60. The molecule has 5 nitrogen and oxygen atoms in total. The van der Waals surface area contributed by atoms with Crippen LogP contribution in [0.4, 0.5) is 0 Å². The van der Waals surface area contributed by atoms with E-state index in [9.17, 15) is 4.79 Å². The van der Waals surface area contributed by atoms with Crippen molar-refractivity contribution in [1.82, 2.24) is 5.32 Å². The molecule has 18 heavy (non-hydrogen) atoms. The Hall–Kier alpha value is -1.26. The molecular formula is C13H23N3O2. The molecule has 0 heterocycles. The molecule has 0 spiro atoms. The summed E-state index contributed by atoms with van der Waals surface area (Å²) in [6, 6.07) is 0. The minimum absolute atomic E-state index is 0.0150. The number of hydrogen-bond donors (Lipinski definition) is 3. The van der Waals surface area contributed by atoms with Crippen molar-refractivity contribution in [2.24, 2.45) is 27.6 Å². The van der Waals surface area contributed by atoms with Gasteiger partial charge >= 0.3 is 0 Å². The van der Waals surface area contributed by atoms with Gasteiger partial charge < -0.3 is 16.3 Å². The number of carbonyl (C=O) groups excluding carboxylic acids is 1. The van der Waals surface area contributed by atoms with Gasteiger partial charge in [-0.25, -0.2) is 0 Å². The monoisotopic (exact) mass is 253 g/mol. The number of rotatable bonds is 6. The molecule has 4 N–H and O–H groups in total. The van der Waals surface area contributed by atoms with E-state index in [1.807, 2.05) is 6.92 Å². The second-order valence-corrected chi connectivity index (χ2v) is 5.99. The molecule has 0 aliphatic heterocycles. The molecule has 102 valence electrons. The predicted octanol–water partition coefficient (Wildman–Crippen LogP) is 1.46. The van der Waals surface area contributed by atoms with Crippen molar-refractivity contribution in [3.8, 4) is 0 Å². The zero-order chi connectivity index (χ0) is 13.4. The van der Waals surface area contributed by atoms with Crippen molar-refractivity contribution in [1.29, 1.82) is 0 Å². The summed E-state index contributed by atoms with van der Waals surface area (Å²) in [5.41, 5.74) is 5.09. The van der Waals surface area contributed by atoms with Gasteiger partial charge in [0.1, 0.15) is 5.41 Å². The van der Waals surface area contributed by atoms with Crippen LogP contribution in [0.2, 0.25) is 0 Å². The number of nitrogens with two attached hydrogens (primary N) is 1. The van der Waals surface area contributed by atoms with Gasteiger partial charge in [0.05, 0.1) is 0 Å². The lowest BCUT2D eigenvalue weighted by Crippen LogP contribution is -2.49. The average molecular weight is 253 g/mol. The normalized spacial score (nSPS) is 25.3. The van der Waals surface area contributed by atoms with Crippen molar-refractivity contribution in [3.05, 3.63) is 0 Å². The van der Waals surface area contributed by atoms with Gasteiger partial charge in [0.15, 0.2) is 5.84 Å². The molecule has 0 bridgehead atoms. The molecule has 0 aromatic carbocycles. The standard InChI is InChI=1S/C13H23N3O2/c1-3-12(2,10(14)16-18)11(17)15-8-13(6-7-13)9-4-5-9/h9,18H,3-8H2,1-2H3,(H2,14,16)(H,15,17). The molecule has 2 aliphatic carbocycles. The maximum absolute atomic E-state index is 12.2. The van der Waals surface area contributed by atoms with Gasteiger partial charge in [0.25, 0.3) is 0 Å². The maximum atomic E-state index is 12.2. The fourth-order valence-electron chi connectivity index (χ4n) is 2.61. The van der Waals surface area contributed by atoms with E-state index in [2.05, 4.69) is 10.5 Å². The van der Waals surface area contributed by atoms with Crippen LogP contribution in [0.15, 0.2) is 5.16 Å². The first-order valence-electron chi connectivity index (χ1n) is 6.75. The third-order valence-corrected chi connectivity index (χ3v) is 4.82. The van der Waals surface area contributed by atoms with Crippen molar-refractivity contribution >= 4 is 11.7 Å². The molecule has 2 aliphatic rings. The molecule has 1 amide bonds. The van der Waals surface area contributed by atoms with Crippen molar-refractivity contribution < 1.29 is 10.0 Å². The fraction of sp³-hybridized carbons (Fsp3) is 0.846. The molecule has 0 radical (unpaired) electrons. The average Bonchev–Trinajstić information content (AvgIpc) is 3.25. The number of amides is 1. The van der Waals surface area contributed by atoms with Gasteiger partial charge in [0.2, 0.25) is 5.91 Å². The summed E-state index contributed by atoms with van der Waals surface area (Å²) in [5, 5.41) is 14.8. The zero-order valence-electron chi connectivity index (χ0n) is 11.2. The van der Waals surface area contributed by atoms with E-state index in [0.29, 0.717) is 11.8 Å². The van der Waals surface area contributed by atoms with Gasteiger partial charge in [-0.2, -0.15) is 0 Å². The Morgan fingerprint density at radius 3 is 2.56 bits per heavy atom. The number of oxime groups is 1. The second kappa shape index (κ2) is 4.44. The predicted molar refractivity (Wildman–Crippen MR) is 69.2 cm³/mol. The summed E-state index contributed by atoms with van der Waals surface area (Å²) < 4.78 is 0. The third kappa shape index (κ3) is 2.18. The van der Waals surface area contributed by atoms with E-state index in [1.54, 1.807) is 6.92 Å². The second-order valence-electron chi connectivity index (χ2n) is 5.99. The van der Waals surface area contributed by atoms with Gasteiger partial charge in [-0.1, -0.05) is 12.1 Å². The lowest BCUT2D eigenvalue weighted by molar-refractivity contribution is -0.127. The van der Waals surface area contributed by atoms with Gasteiger partial charge in [-0.3, -0.25) is 4.79 Å². The third-order valence-electron chi connectivity index (χ3n) is 4.82. The van der Waals surface area contributed by atoms with E-state index in [0.717, 1.165) is 12.5 Å². The largest absolute Gasteiger partial charge is 0.409 e. The van der Waals surface area contributed by atoms with E-state index in [1.165, 1.54) is 25.7 Å². The highest BCUT2D eigenvalue weighted by atomic mass is 16.4. The van der Waals surface area contributed by atoms with E-state index in [-0.39, 0.29) is 11.7 Å². The van der Waals surface area contributed by atoms with Crippen LogP contribution in [0.25, 0.3) is 0 Å². The van der Waals surface area contributed by atoms with Gasteiger partial charge in [-0.05, 0) is 50.4 Å². The summed E-state index contributed by atoms with van der Waals surface area (Å²) in [5.74, 6) is 0.667. The lowest BCUT2D eigenvalue weighted by Gasteiger charge is -2.26. The minimum atomic E-state index is -0.908. The van der Waals surface area contributed by atoms with E-state index < -0.39 is 5.41 Å². The Balaban J connectivity index is 1.94. The molecule has 2 fully saturated rings. The number of nitrogens with one attached hydrogen (secondary N) is 1. The number of nitrogens with zero attached hydrogens (tertiary/aromatic N) is 1. The summed E-state index contributed by atoms with van der Waals surface area (Å²) in [4.78, 5) is 12.2. The Kier molecular flexibility index (Phi) is 3.25. The smallest absolute Gasteiger partial charge is 0.233 e. The number of carbonyl (C=O) groups is 1. The molecule has 0 aromatic rings. The quantitative estimate of drug-likeness (QED) is 0.290. The Bertz CT molecular complexity index is 372. The maximum Gasteiger partial charge on any atom is 0.233 e. The lowest BCUT2D eigenvalue weighted by atomic mass is 9.85. The van der Waals surface area contributed by atoms with Gasteiger partial charge in [0, 0.05) is 6.54 Å². The van der Waals surface area contributed by atoms with Crippen LogP contribution in [0.1, 0.15) is 46.0 Å². The van der Waals surface area contributed by atoms with E-state index >= 15 is 0 Å². The van der Waals surface area contributed by atoms with Crippen LogP contribution in [-0.2, 0) is 4.79 Å². The molecule has 1 atom stereocenters. The van der Waals surface area contributed by atoms with Crippen LogP contribution in [0, 0.1) is 16.7 Å². The van der Waals surface area contributed by atoms with E-state index in [4.69, 9.17) is 10.9 Å². The van der Waals surface area contributed by atoms with Crippen LogP contribution >= 0.6 is 0 Å². The zero-order valence-corrected chi connectivity index (χ0v) is 11.2. The van der Waals surface area contributed by atoms with Crippen LogP contribution in [-0.4, -0.2) is 23.5 Å². The first-order valence-corrected chi connectivity index (χ1v) is 6.75. The number of amidine groups is 1. The fourth-order valence-corrected chi connectivity index (χ4v) is 2.61. The summed E-state index contributed by atoms with van der Waals surface area (Å²) >= 11 is 0. The van der Waals surface area contributed by atoms with Crippen molar-refractivity contribution in [2.75, 3.05) is 6.54 Å².